The topological polar surface area (TPSA) is 17.1 Å². The van der Waals surface area contributed by atoms with Crippen LogP contribution in [0.15, 0.2) is 140 Å². The summed E-state index contributed by atoms with van der Waals surface area (Å²) in [6, 6.07) is 48.4. The Bertz CT molecular complexity index is 1650. The number of carbonyl (C=O) groups excluding carboxylic acids is 1. The van der Waals surface area contributed by atoms with Crippen molar-refractivity contribution in [3.8, 4) is 44.5 Å². The van der Waals surface area contributed by atoms with E-state index in [0.717, 1.165) is 44.9 Å². The summed E-state index contributed by atoms with van der Waals surface area (Å²) in [5.41, 5.74) is 9.93. The van der Waals surface area contributed by atoms with Gasteiger partial charge in [-0.25, -0.2) is 0 Å². The molecule has 0 unspecified atom stereocenters. The highest BCUT2D eigenvalue weighted by Crippen LogP contribution is 2.50. The van der Waals surface area contributed by atoms with Gasteiger partial charge in [-0.2, -0.15) is 0 Å². The molecule has 0 fully saturated rings. The van der Waals surface area contributed by atoms with Crippen molar-refractivity contribution >= 4 is 17.1 Å². The molecular weight excluding hydrogens is 436 g/mol. The highest BCUT2D eigenvalue weighted by molar-refractivity contribution is 6.18. The largest absolute Gasteiger partial charge is 0.298 e. The summed E-state index contributed by atoms with van der Waals surface area (Å²) in [7, 11) is 0. The van der Waals surface area contributed by atoms with E-state index in [1.165, 1.54) is 16.7 Å². The fourth-order valence-electron chi connectivity index (χ4n) is 5.18. The molecule has 0 spiro atoms. The van der Waals surface area contributed by atoms with Crippen LogP contribution in [0.3, 0.4) is 0 Å². The smallest absolute Gasteiger partial charge is 0.150 e. The number of hydrogen-bond donors (Lipinski definition) is 0. The minimum atomic E-state index is 0.671. The molecule has 0 heterocycles. The lowest BCUT2D eigenvalue weighted by Gasteiger charge is -2.24. The molecule has 0 aromatic heterocycles. The van der Waals surface area contributed by atoms with E-state index in [1.807, 2.05) is 18.2 Å². The number of aldehydes is 1. The molecule has 36 heavy (non-hydrogen) atoms. The van der Waals surface area contributed by atoms with Crippen molar-refractivity contribution in [3.63, 3.8) is 0 Å². The van der Waals surface area contributed by atoms with E-state index in [-0.39, 0.29) is 0 Å². The second kappa shape index (κ2) is 9.48. The van der Waals surface area contributed by atoms with Gasteiger partial charge in [0.1, 0.15) is 6.29 Å². The highest BCUT2D eigenvalue weighted by Gasteiger charge is 2.23. The first-order valence-electron chi connectivity index (χ1n) is 12.2. The van der Waals surface area contributed by atoms with Crippen LogP contribution < -0.4 is 0 Å². The van der Waals surface area contributed by atoms with Gasteiger partial charge in [0, 0.05) is 5.56 Å². The zero-order valence-corrected chi connectivity index (χ0v) is 19.8. The fraction of sp³-hybridized carbons (Fsp3) is 0. The SMILES string of the molecule is O=Cc1ccc2c(-c3ccccc3)c(-c3ccccc3)c(-c3ccccc3)c(-c3ccccc3)c2c1. The van der Waals surface area contributed by atoms with Crippen LogP contribution in [-0.4, -0.2) is 6.29 Å². The van der Waals surface area contributed by atoms with E-state index in [2.05, 4.69) is 121 Å². The van der Waals surface area contributed by atoms with E-state index in [0.29, 0.717) is 5.56 Å². The third kappa shape index (κ3) is 3.81. The molecule has 0 amide bonds. The summed E-state index contributed by atoms with van der Waals surface area (Å²) in [4.78, 5) is 11.9. The minimum Gasteiger partial charge on any atom is -0.298 e. The summed E-state index contributed by atoms with van der Waals surface area (Å²) in [5.74, 6) is 0. The maximum Gasteiger partial charge on any atom is 0.150 e. The third-order valence-corrected chi connectivity index (χ3v) is 6.72. The first kappa shape index (κ1) is 21.8. The van der Waals surface area contributed by atoms with E-state index >= 15 is 0 Å². The minimum absolute atomic E-state index is 0.671. The molecule has 0 aliphatic rings. The molecule has 6 rings (SSSR count). The predicted molar refractivity (Wildman–Crippen MR) is 151 cm³/mol. The van der Waals surface area contributed by atoms with Crippen LogP contribution in [0.25, 0.3) is 55.3 Å². The molecule has 1 heteroatoms. The van der Waals surface area contributed by atoms with Crippen molar-refractivity contribution in [2.45, 2.75) is 0 Å². The molecule has 0 aliphatic carbocycles. The van der Waals surface area contributed by atoms with Crippen LogP contribution >= 0.6 is 0 Å². The van der Waals surface area contributed by atoms with Crippen molar-refractivity contribution in [3.05, 3.63) is 145 Å². The zero-order chi connectivity index (χ0) is 24.3. The van der Waals surface area contributed by atoms with Gasteiger partial charge in [0.2, 0.25) is 0 Å². The Morgan fingerprint density at radius 3 is 1.11 bits per heavy atom. The highest BCUT2D eigenvalue weighted by atomic mass is 16.1. The molecule has 0 bridgehead atoms. The van der Waals surface area contributed by atoms with Crippen LogP contribution in [0.4, 0.5) is 0 Å². The average Bonchev–Trinajstić information content (AvgIpc) is 2.97. The summed E-state index contributed by atoms with van der Waals surface area (Å²) < 4.78 is 0. The molecule has 6 aromatic rings. The Kier molecular flexibility index (Phi) is 5.73. The number of hydrogen-bond acceptors (Lipinski definition) is 1. The van der Waals surface area contributed by atoms with Crippen LogP contribution in [0.5, 0.6) is 0 Å². The van der Waals surface area contributed by atoms with E-state index in [4.69, 9.17) is 0 Å². The van der Waals surface area contributed by atoms with E-state index in [1.54, 1.807) is 0 Å². The van der Waals surface area contributed by atoms with Crippen LogP contribution in [-0.2, 0) is 0 Å². The lowest BCUT2D eigenvalue weighted by atomic mass is 9.78. The lowest BCUT2D eigenvalue weighted by Crippen LogP contribution is -1.98. The molecule has 0 N–H and O–H groups in total. The Labute approximate surface area is 211 Å². The van der Waals surface area contributed by atoms with Gasteiger partial charge < -0.3 is 0 Å². The standard InChI is InChI=1S/C35H24O/c36-24-25-21-22-30-31(23-25)33(27-15-7-2-8-16-27)35(29-19-11-4-12-20-29)34(28-17-9-3-10-18-28)32(30)26-13-5-1-6-14-26/h1-24H. The normalized spacial score (nSPS) is 10.9. The van der Waals surface area contributed by atoms with Crippen molar-refractivity contribution in [2.75, 3.05) is 0 Å². The Morgan fingerprint density at radius 2 is 0.722 bits per heavy atom. The van der Waals surface area contributed by atoms with Gasteiger partial charge in [0.15, 0.2) is 0 Å². The van der Waals surface area contributed by atoms with Gasteiger partial charge in [0.05, 0.1) is 0 Å². The van der Waals surface area contributed by atoms with Crippen molar-refractivity contribution < 1.29 is 4.79 Å². The van der Waals surface area contributed by atoms with Gasteiger partial charge in [-0.1, -0.05) is 133 Å². The molecule has 0 saturated heterocycles. The second-order valence-electron chi connectivity index (χ2n) is 8.89. The fourth-order valence-corrected chi connectivity index (χ4v) is 5.18. The van der Waals surface area contributed by atoms with Gasteiger partial charge in [-0.05, 0) is 61.3 Å². The van der Waals surface area contributed by atoms with Crippen molar-refractivity contribution in [2.24, 2.45) is 0 Å². The van der Waals surface area contributed by atoms with Crippen molar-refractivity contribution in [1.29, 1.82) is 0 Å². The average molecular weight is 461 g/mol. The van der Waals surface area contributed by atoms with Gasteiger partial charge in [-0.15, -0.1) is 0 Å². The number of fused-ring (bicyclic) bond motifs is 1. The maximum absolute atomic E-state index is 11.9. The second-order valence-corrected chi connectivity index (χ2v) is 8.89. The van der Waals surface area contributed by atoms with Gasteiger partial charge >= 0.3 is 0 Å². The Balaban J connectivity index is 1.91. The van der Waals surface area contributed by atoms with Gasteiger partial charge in [0.25, 0.3) is 0 Å². The summed E-state index contributed by atoms with van der Waals surface area (Å²) in [6.07, 6.45) is 0.934. The third-order valence-electron chi connectivity index (χ3n) is 6.72. The van der Waals surface area contributed by atoms with E-state index < -0.39 is 0 Å². The molecule has 170 valence electrons. The van der Waals surface area contributed by atoms with Crippen LogP contribution in [0, 0.1) is 0 Å². The molecule has 0 radical (unpaired) electrons. The number of rotatable bonds is 5. The van der Waals surface area contributed by atoms with Gasteiger partial charge in [-0.3, -0.25) is 4.79 Å². The van der Waals surface area contributed by atoms with E-state index in [9.17, 15) is 4.79 Å². The summed E-state index contributed by atoms with van der Waals surface area (Å²) in [5, 5.41) is 2.20. The summed E-state index contributed by atoms with van der Waals surface area (Å²) >= 11 is 0. The maximum atomic E-state index is 11.9. The molecule has 6 aromatic carbocycles. The van der Waals surface area contributed by atoms with Crippen LogP contribution in [0.2, 0.25) is 0 Å². The lowest BCUT2D eigenvalue weighted by molar-refractivity contribution is 0.112. The van der Waals surface area contributed by atoms with Crippen LogP contribution in [0.1, 0.15) is 10.4 Å². The predicted octanol–water partition coefficient (Wildman–Crippen LogP) is 9.32. The molecule has 0 saturated carbocycles. The Morgan fingerprint density at radius 1 is 0.361 bits per heavy atom. The molecule has 1 nitrogen and oxygen atoms in total. The molecular formula is C35H24O. The first-order chi connectivity index (χ1) is 17.8. The number of benzene rings is 6. The molecule has 0 atom stereocenters. The Hall–Kier alpha value is -4.75. The zero-order valence-electron chi connectivity index (χ0n) is 19.8. The number of carbonyl (C=O) groups is 1. The van der Waals surface area contributed by atoms with Crippen molar-refractivity contribution in [1.82, 2.24) is 0 Å². The first-order valence-corrected chi connectivity index (χ1v) is 12.2. The monoisotopic (exact) mass is 460 g/mol. The quantitative estimate of drug-likeness (QED) is 0.234. The molecule has 0 aliphatic heterocycles. The summed E-state index contributed by atoms with van der Waals surface area (Å²) in [6.45, 7) is 0.